The Morgan fingerprint density at radius 3 is 2.70 bits per heavy atom. The van der Waals surface area contributed by atoms with E-state index in [1.165, 1.54) is 11.1 Å². The van der Waals surface area contributed by atoms with Gasteiger partial charge in [0.2, 0.25) is 0 Å². The van der Waals surface area contributed by atoms with Crippen molar-refractivity contribution in [2.75, 3.05) is 0 Å². The lowest BCUT2D eigenvalue weighted by atomic mass is 9.87. The molecule has 3 heteroatoms. The summed E-state index contributed by atoms with van der Waals surface area (Å²) in [5.41, 5.74) is 3.40. The van der Waals surface area contributed by atoms with E-state index in [4.69, 9.17) is 0 Å². The second-order valence-electron chi connectivity index (χ2n) is 5.10. The molecule has 1 aliphatic rings. The SMILES string of the molecule is O=C(N[C@@H]1CCCc2ccccc21)c1ccccc1I. The highest BCUT2D eigenvalue weighted by atomic mass is 127. The molecule has 1 N–H and O–H groups in total. The number of halogens is 1. The average molecular weight is 377 g/mol. The monoisotopic (exact) mass is 377 g/mol. The number of aryl methyl sites for hydroxylation is 1. The lowest BCUT2D eigenvalue weighted by Gasteiger charge is -2.26. The Kier molecular flexibility index (Phi) is 4.05. The van der Waals surface area contributed by atoms with Crippen molar-refractivity contribution in [1.82, 2.24) is 5.32 Å². The zero-order valence-electron chi connectivity index (χ0n) is 11.1. The van der Waals surface area contributed by atoms with Crippen LogP contribution in [0.4, 0.5) is 0 Å². The number of hydrogen-bond acceptors (Lipinski definition) is 1. The van der Waals surface area contributed by atoms with Crippen LogP contribution in [0.2, 0.25) is 0 Å². The van der Waals surface area contributed by atoms with Crippen LogP contribution < -0.4 is 5.32 Å². The van der Waals surface area contributed by atoms with Crippen LogP contribution >= 0.6 is 22.6 Å². The van der Waals surface area contributed by atoms with Gasteiger partial charge in [-0.3, -0.25) is 4.79 Å². The molecule has 0 aromatic heterocycles. The molecule has 0 unspecified atom stereocenters. The third-order valence-electron chi connectivity index (χ3n) is 3.79. The molecule has 0 bridgehead atoms. The van der Waals surface area contributed by atoms with Crippen LogP contribution in [0, 0.1) is 3.57 Å². The zero-order valence-corrected chi connectivity index (χ0v) is 13.3. The maximum absolute atomic E-state index is 12.4. The van der Waals surface area contributed by atoms with E-state index in [0.29, 0.717) is 0 Å². The Labute approximate surface area is 132 Å². The van der Waals surface area contributed by atoms with E-state index >= 15 is 0 Å². The highest BCUT2D eigenvalue weighted by molar-refractivity contribution is 14.1. The van der Waals surface area contributed by atoms with Crippen molar-refractivity contribution >= 4 is 28.5 Å². The van der Waals surface area contributed by atoms with E-state index < -0.39 is 0 Å². The number of hydrogen-bond donors (Lipinski definition) is 1. The predicted molar refractivity (Wildman–Crippen MR) is 88.7 cm³/mol. The maximum Gasteiger partial charge on any atom is 0.252 e. The van der Waals surface area contributed by atoms with Gasteiger partial charge in [-0.25, -0.2) is 0 Å². The fourth-order valence-corrected chi connectivity index (χ4v) is 3.42. The smallest absolute Gasteiger partial charge is 0.252 e. The van der Waals surface area contributed by atoms with Gasteiger partial charge in [0.25, 0.3) is 5.91 Å². The molecule has 1 amide bonds. The van der Waals surface area contributed by atoms with Crippen LogP contribution in [-0.4, -0.2) is 5.91 Å². The van der Waals surface area contributed by atoms with Gasteiger partial charge in [-0.15, -0.1) is 0 Å². The average Bonchev–Trinajstić information content (AvgIpc) is 2.48. The van der Waals surface area contributed by atoms with Crippen molar-refractivity contribution in [3.8, 4) is 0 Å². The molecule has 0 aliphatic heterocycles. The van der Waals surface area contributed by atoms with Gasteiger partial charge in [0.15, 0.2) is 0 Å². The molecule has 1 atom stereocenters. The number of fused-ring (bicyclic) bond motifs is 1. The van der Waals surface area contributed by atoms with Crippen molar-refractivity contribution in [3.05, 3.63) is 68.8 Å². The number of carbonyl (C=O) groups excluding carboxylic acids is 1. The lowest BCUT2D eigenvalue weighted by molar-refractivity contribution is 0.0932. The van der Waals surface area contributed by atoms with Crippen molar-refractivity contribution in [1.29, 1.82) is 0 Å². The van der Waals surface area contributed by atoms with E-state index in [1.54, 1.807) is 0 Å². The van der Waals surface area contributed by atoms with Crippen LogP contribution in [0.15, 0.2) is 48.5 Å². The summed E-state index contributed by atoms with van der Waals surface area (Å²) >= 11 is 2.21. The highest BCUT2D eigenvalue weighted by Crippen LogP contribution is 2.29. The third-order valence-corrected chi connectivity index (χ3v) is 4.73. The molecule has 0 saturated heterocycles. The Bertz CT molecular complexity index is 638. The largest absolute Gasteiger partial charge is 0.345 e. The van der Waals surface area contributed by atoms with Crippen molar-refractivity contribution in [3.63, 3.8) is 0 Å². The van der Waals surface area contributed by atoms with Gasteiger partial charge >= 0.3 is 0 Å². The first-order chi connectivity index (χ1) is 9.75. The molecule has 0 saturated carbocycles. The number of amides is 1. The van der Waals surface area contributed by atoms with Crippen molar-refractivity contribution in [2.45, 2.75) is 25.3 Å². The fourth-order valence-electron chi connectivity index (χ4n) is 2.79. The minimum atomic E-state index is 0.0247. The summed E-state index contributed by atoms with van der Waals surface area (Å²) in [4.78, 5) is 12.4. The van der Waals surface area contributed by atoms with E-state index in [2.05, 4.69) is 52.2 Å². The lowest BCUT2D eigenvalue weighted by Crippen LogP contribution is -2.31. The van der Waals surface area contributed by atoms with E-state index in [1.807, 2.05) is 24.3 Å². The quantitative estimate of drug-likeness (QED) is 0.785. The van der Waals surface area contributed by atoms with Crippen LogP contribution in [-0.2, 0) is 6.42 Å². The molecular weight excluding hydrogens is 361 g/mol. The summed E-state index contributed by atoms with van der Waals surface area (Å²) in [5.74, 6) is 0.0247. The minimum Gasteiger partial charge on any atom is -0.345 e. The topological polar surface area (TPSA) is 29.1 Å². The molecule has 2 aromatic carbocycles. The summed E-state index contributed by atoms with van der Waals surface area (Å²) in [6, 6.07) is 16.3. The molecule has 3 rings (SSSR count). The summed E-state index contributed by atoms with van der Waals surface area (Å²) in [7, 11) is 0. The second kappa shape index (κ2) is 5.95. The number of benzene rings is 2. The number of carbonyl (C=O) groups is 1. The Morgan fingerprint density at radius 1 is 1.10 bits per heavy atom. The minimum absolute atomic E-state index is 0.0247. The standard InChI is InChI=1S/C17H16INO/c18-15-10-4-3-9-14(15)17(20)19-16-11-5-7-12-6-1-2-8-13(12)16/h1-4,6,8-10,16H,5,7,11H2,(H,19,20)/t16-/m1/s1. The summed E-state index contributed by atoms with van der Waals surface area (Å²) in [6.45, 7) is 0. The normalized spacial score (nSPS) is 17.4. The van der Waals surface area contributed by atoms with Crippen LogP contribution in [0.1, 0.15) is 40.4 Å². The maximum atomic E-state index is 12.4. The zero-order chi connectivity index (χ0) is 13.9. The molecule has 20 heavy (non-hydrogen) atoms. The Balaban J connectivity index is 1.83. The summed E-state index contributed by atoms with van der Waals surface area (Å²) < 4.78 is 0.992. The van der Waals surface area contributed by atoms with Crippen molar-refractivity contribution in [2.24, 2.45) is 0 Å². The van der Waals surface area contributed by atoms with Gasteiger partial charge in [-0.05, 0) is 65.1 Å². The molecule has 1 aliphatic carbocycles. The van der Waals surface area contributed by atoms with Gasteiger partial charge in [0.05, 0.1) is 11.6 Å². The molecule has 0 fully saturated rings. The van der Waals surface area contributed by atoms with E-state index in [0.717, 1.165) is 28.4 Å². The van der Waals surface area contributed by atoms with Crippen molar-refractivity contribution < 1.29 is 4.79 Å². The van der Waals surface area contributed by atoms with Crippen LogP contribution in [0.3, 0.4) is 0 Å². The predicted octanol–water partition coefficient (Wildman–Crippen LogP) is 4.10. The van der Waals surface area contributed by atoms with Gasteiger partial charge < -0.3 is 5.32 Å². The van der Waals surface area contributed by atoms with Gasteiger partial charge in [0, 0.05) is 3.57 Å². The molecule has 2 aromatic rings. The first kappa shape index (κ1) is 13.6. The second-order valence-corrected chi connectivity index (χ2v) is 6.26. The van der Waals surface area contributed by atoms with Gasteiger partial charge in [-0.1, -0.05) is 36.4 Å². The van der Waals surface area contributed by atoms with Gasteiger partial charge in [-0.2, -0.15) is 0 Å². The molecule has 0 radical (unpaired) electrons. The molecule has 0 spiro atoms. The Morgan fingerprint density at radius 2 is 1.85 bits per heavy atom. The molecule has 102 valence electrons. The van der Waals surface area contributed by atoms with Crippen LogP contribution in [0.25, 0.3) is 0 Å². The van der Waals surface area contributed by atoms with Crippen LogP contribution in [0.5, 0.6) is 0 Å². The molecule has 0 heterocycles. The highest BCUT2D eigenvalue weighted by Gasteiger charge is 2.22. The Hall–Kier alpha value is -1.36. The van der Waals surface area contributed by atoms with Gasteiger partial charge in [0.1, 0.15) is 0 Å². The first-order valence-corrected chi connectivity index (χ1v) is 7.97. The summed E-state index contributed by atoms with van der Waals surface area (Å²) in [6.07, 6.45) is 3.27. The van der Waals surface area contributed by atoms with E-state index in [9.17, 15) is 4.79 Å². The fraction of sp³-hybridized carbons (Fsp3) is 0.235. The third kappa shape index (κ3) is 2.73. The first-order valence-electron chi connectivity index (χ1n) is 6.89. The number of nitrogens with one attached hydrogen (secondary N) is 1. The summed E-state index contributed by atoms with van der Waals surface area (Å²) in [5, 5.41) is 3.19. The number of rotatable bonds is 2. The molecule has 2 nitrogen and oxygen atoms in total. The van der Waals surface area contributed by atoms with E-state index in [-0.39, 0.29) is 11.9 Å². The molecular formula is C17H16INO.